The molecule has 0 radical (unpaired) electrons. The monoisotopic (exact) mass is 494 g/mol. The van der Waals surface area contributed by atoms with Gasteiger partial charge in [-0.3, -0.25) is 9.59 Å². The Bertz CT molecular complexity index is 1220. The molecule has 1 unspecified atom stereocenters. The molecule has 1 aliphatic rings. The van der Waals surface area contributed by atoms with Gasteiger partial charge in [0.25, 0.3) is 5.91 Å². The maximum atomic E-state index is 13.1. The summed E-state index contributed by atoms with van der Waals surface area (Å²) in [6, 6.07) is 6.77. The van der Waals surface area contributed by atoms with Crippen LogP contribution in [-0.2, 0) is 28.9 Å². The number of esters is 1. The van der Waals surface area contributed by atoms with Crippen LogP contribution in [0.5, 0.6) is 0 Å². The highest BCUT2D eigenvalue weighted by atomic mass is 32.1. The van der Waals surface area contributed by atoms with E-state index in [-0.39, 0.29) is 24.3 Å². The molecule has 3 aromatic rings. The number of fused-ring (bicyclic) bond motifs is 1. The van der Waals surface area contributed by atoms with Crippen LogP contribution in [0.15, 0.2) is 43.0 Å². The van der Waals surface area contributed by atoms with Gasteiger partial charge in [-0.15, -0.1) is 11.3 Å². The summed E-state index contributed by atoms with van der Waals surface area (Å²) >= 11 is 1.45. The largest absolute Gasteiger partial charge is 0.459 e. The van der Waals surface area contributed by atoms with E-state index in [1.54, 1.807) is 43.0 Å². The first kappa shape index (κ1) is 24.7. The van der Waals surface area contributed by atoms with E-state index in [0.29, 0.717) is 34.3 Å². The Morgan fingerprint density at radius 1 is 1.26 bits per heavy atom. The van der Waals surface area contributed by atoms with Crippen molar-refractivity contribution in [3.8, 4) is 0 Å². The third-order valence-corrected chi connectivity index (χ3v) is 7.02. The lowest BCUT2D eigenvalue weighted by Gasteiger charge is -2.18. The number of aromatic nitrogens is 2. The quantitative estimate of drug-likeness (QED) is 0.433. The number of anilines is 2. The molecule has 0 saturated carbocycles. The number of ether oxygens (including phenoxy) is 1. The molecule has 1 aliphatic carbocycles. The van der Waals surface area contributed by atoms with Crippen LogP contribution in [0.2, 0.25) is 0 Å². The number of imidazole rings is 1. The van der Waals surface area contributed by atoms with Gasteiger partial charge >= 0.3 is 5.97 Å². The topological polar surface area (TPSA) is 102 Å². The smallest absolute Gasteiger partial charge is 0.341 e. The van der Waals surface area contributed by atoms with Gasteiger partial charge in [-0.05, 0) is 62.8 Å². The van der Waals surface area contributed by atoms with E-state index in [2.05, 4.69) is 22.5 Å². The molecule has 0 aliphatic heterocycles. The molecule has 1 aromatic carbocycles. The fourth-order valence-electron chi connectivity index (χ4n) is 4.11. The average molecular weight is 495 g/mol. The molecule has 0 fully saturated rings. The number of amides is 2. The predicted molar refractivity (Wildman–Crippen MR) is 136 cm³/mol. The summed E-state index contributed by atoms with van der Waals surface area (Å²) in [4.78, 5) is 43.5. The van der Waals surface area contributed by atoms with E-state index < -0.39 is 5.97 Å². The predicted octanol–water partition coefficient (Wildman–Crippen LogP) is 4.92. The van der Waals surface area contributed by atoms with Crippen LogP contribution in [0.3, 0.4) is 0 Å². The zero-order chi connectivity index (χ0) is 24.9. The molecule has 184 valence electrons. The van der Waals surface area contributed by atoms with Crippen molar-refractivity contribution in [2.75, 3.05) is 10.6 Å². The van der Waals surface area contributed by atoms with E-state index in [0.717, 1.165) is 29.7 Å². The Morgan fingerprint density at radius 2 is 2.09 bits per heavy atom. The van der Waals surface area contributed by atoms with Gasteiger partial charge in [0.15, 0.2) is 0 Å². The minimum atomic E-state index is -0.402. The molecule has 2 N–H and O–H groups in total. The second-order valence-electron chi connectivity index (χ2n) is 9.14. The first-order valence-electron chi connectivity index (χ1n) is 11.8. The molecular weight excluding hydrogens is 464 g/mol. The van der Waals surface area contributed by atoms with Crippen LogP contribution in [0, 0.1) is 5.92 Å². The number of nitrogens with one attached hydrogen (secondary N) is 2. The van der Waals surface area contributed by atoms with Crippen molar-refractivity contribution in [3.05, 3.63) is 64.6 Å². The van der Waals surface area contributed by atoms with Crippen molar-refractivity contribution in [1.29, 1.82) is 0 Å². The average Bonchev–Trinajstić information content (AvgIpc) is 3.44. The maximum absolute atomic E-state index is 13.1. The van der Waals surface area contributed by atoms with E-state index in [1.165, 1.54) is 11.3 Å². The minimum Gasteiger partial charge on any atom is -0.459 e. The maximum Gasteiger partial charge on any atom is 0.341 e. The normalized spacial score (nSPS) is 14.9. The van der Waals surface area contributed by atoms with E-state index >= 15 is 0 Å². The molecule has 8 nitrogen and oxygen atoms in total. The lowest BCUT2D eigenvalue weighted by atomic mass is 9.88. The zero-order valence-electron chi connectivity index (χ0n) is 20.2. The van der Waals surface area contributed by atoms with Crippen molar-refractivity contribution in [1.82, 2.24) is 9.55 Å². The molecule has 4 rings (SSSR count). The third-order valence-electron chi connectivity index (χ3n) is 5.85. The number of hydrogen-bond acceptors (Lipinski definition) is 6. The van der Waals surface area contributed by atoms with Crippen molar-refractivity contribution in [3.63, 3.8) is 0 Å². The van der Waals surface area contributed by atoms with Gasteiger partial charge in [0.2, 0.25) is 5.91 Å². The highest BCUT2D eigenvalue weighted by Crippen LogP contribution is 2.40. The molecule has 2 heterocycles. The highest BCUT2D eigenvalue weighted by molar-refractivity contribution is 7.17. The first-order chi connectivity index (χ1) is 16.8. The van der Waals surface area contributed by atoms with Crippen molar-refractivity contribution < 1.29 is 19.1 Å². The Morgan fingerprint density at radius 3 is 2.83 bits per heavy atom. The second kappa shape index (κ2) is 10.9. The van der Waals surface area contributed by atoms with Crippen LogP contribution < -0.4 is 10.6 Å². The number of rotatable bonds is 8. The van der Waals surface area contributed by atoms with E-state index in [4.69, 9.17) is 4.74 Å². The summed E-state index contributed by atoms with van der Waals surface area (Å²) in [6.45, 7) is 6.34. The van der Waals surface area contributed by atoms with Gasteiger partial charge in [-0.25, -0.2) is 9.78 Å². The van der Waals surface area contributed by atoms with Crippen LogP contribution in [0.1, 0.15) is 64.8 Å². The summed E-state index contributed by atoms with van der Waals surface area (Å²) in [7, 11) is 0. The van der Waals surface area contributed by atoms with Crippen LogP contribution in [0.4, 0.5) is 10.7 Å². The zero-order valence-corrected chi connectivity index (χ0v) is 21.0. The third kappa shape index (κ3) is 6.16. The van der Waals surface area contributed by atoms with Crippen LogP contribution in [-0.4, -0.2) is 33.4 Å². The molecule has 1 atom stereocenters. The van der Waals surface area contributed by atoms with Crippen LogP contribution in [0.25, 0.3) is 0 Å². The second-order valence-corrected chi connectivity index (χ2v) is 10.2. The van der Waals surface area contributed by atoms with Gasteiger partial charge in [0.05, 0.1) is 18.0 Å². The molecule has 0 saturated heterocycles. The molecular formula is C26H30N4O4S. The lowest BCUT2D eigenvalue weighted by molar-refractivity contribution is -0.116. The Hall–Kier alpha value is -3.46. The summed E-state index contributed by atoms with van der Waals surface area (Å²) in [5.41, 5.74) is 2.39. The Balaban J connectivity index is 1.48. The highest BCUT2D eigenvalue weighted by Gasteiger charge is 2.29. The number of thiophene rings is 1. The number of aryl methyl sites for hydroxylation is 1. The first-order valence-corrected chi connectivity index (χ1v) is 12.6. The standard InChI is InChI=1S/C26H30N4O4S/c1-16(2)34-26(33)23-20-8-7-17(3)13-21(20)35-25(23)29-24(32)18-5-4-6-19(14-18)28-22(31)9-11-30-12-10-27-15-30/h4-6,10,12,14-17H,7-9,11,13H2,1-3H3,(H,28,31)(H,29,32). The summed E-state index contributed by atoms with van der Waals surface area (Å²) < 4.78 is 7.32. The van der Waals surface area contributed by atoms with Crippen molar-refractivity contribution >= 4 is 39.8 Å². The lowest BCUT2D eigenvalue weighted by Crippen LogP contribution is -2.19. The fraction of sp³-hybridized carbons (Fsp3) is 0.385. The molecule has 0 spiro atoms. The summed E-state index contributed by atoms with van der Waals surface area (Å²) in [6.07, 6.45) is 7.84. The molecule has 2 aromatic heterocycles. The SMILES string of the molecule is CC1CCc2c(sc(NC(=O)c3cccc(NC(=O)CCn4ccnc4)c3)c2C(=O)OC(C)C)C1. The van der Waals surface area contributed by atoms with Crippen molar-refractivity contribution in [2.24, 2.45) is 5.92 Å². The van der Waals surface area contributed by atoms with Crippen LogP contribution >= 0.6 is 11.3 Å². The van der Waals surface area contributed by atoms with Gasteiger partial charge in [-0.2, -0.15) is 0 Å². The number of nitrogens with zero attached hydrogens (tertiary/aromatic N) is 2. The molecule has 35 heavy (non-hydrogen) atoms. The molecule has 2 amide bonds. The molecule has 0 bridgehead atoms. The fourth-order valence-corrected chi connectivity index (χ4v) is 5.51. The molecule has 9 heteroatoms. The van der Waals surface area contributed by atoms with Gasteiger partial charge < -0.3 is 19.9 Å². The van der Waals surface area contributed by atoms with E-state index in [9.17, 15) is 14.4 Å². The number of carbonyl (C=O) groups excluding carboxylic acids is 3. The summed E-state index contributed by atoms with van der Waals surface area (Å²) in [5, 5.41) is 6.29. The van der Waals surface area contributed by atoms with Gasteiger partial charge in [0, 0.05) is 41.5 Å². The van der Waals surface area contributed by atoms with E-state index in [1.807, 2.05) is 18.4 Å². The number of carbonyl (C=O) groups is 3. The number of benzene rings is 1. The Labute approximate surface area is 208 Å². The minimum absolute atomic E-state index is 0.157. The number of hydrogen-bond donors (Lipinski definition) is 2. The Kier molecular flexibility index (Phi) is 7.65. The van der Waals surface area contributed by atoms with Gasteiger partial charge in [-0.1, -0.05) is 13.0 Å². The summed E-state index contributed by atoms with van der Waals surface area (Å²) in [5.74, 6) is -0.367. The van der Waals surface area contributed by atoms with Crippen molar-refractivity contribution in [2.45, 2.75) is 59.1 Å². The van der Waals surface area contributed by atoms with Gasteiger partial charge in [0.1, 0.15) is 5.00 Å².